The Bertz CT molecular complexity index is 361. The van der Waals surface area contributed by atoms with E-state index in [0.29, 0.717) is 12.6 Å². The van der Waals surface area contributed by atoms with Gasteiger partial charge in [-0.3, -0.25) is 0 Å². The van der Waals surface area contributed by atoms with Crippen LogP contribution in [0.1, 0.15) is 24.8 Å². The summed E-state index contributed by atoms with van der Waals surface area (Å²) in [6.07, 6.45) is 3.94. The quantitative estimate of drug-likeness (QED) is 0.846. The van der Waals surface area contributed by atoms with Crippen molar-refractivity contribution in [2.75, 3.05) is 11.9 Å². The molecule has 0 radical (unpaired) electrons. The minimum absolute atomic E-state index is 0.396. The maximum Gasteiger partial charge on any atom is 0.0455 e. The van der Waals surface area contributed by atoms with Crippen LogP contribution in [0.4, 0.5) is 5.69 Å². The highest BCUT2D eigenvalue weighted by Crippen LogP contribution is 2.31. The van der Waals surface area contributed by atoms with Crippen LogP contribution in [0.3, 0.4) is 0 Å². The molecule has 16 heavy (non-hydrogen) atoms. The van der Waals surface area contributed by atoms with Gasteiger partial charge in [0.2, 0.25) is 0 Å². The summed E-state index contributed by atoms with van der Waals surface area (Å²) >= 11 is 6.10. The van der Waals surface area contributed by atoms with Crippen molar-refractivity contribution < 1.29 is 0 Å². The first-order valence-electron chi connectivity index (χ1n) is 5.93. The lowest BCUT2D eigenvalue weighted by molar-refractivity contribution is 0.277. The Morgan fingerprint density at radius 1 is 1.50 bits per heavy atom. The van der Waals surface area contributed by atoms with Gasteiger partial charge >= 0.3 is 0 Å². The van der Waals surface area contributed by atoms with Gasteiger partial charge in [-0.05, 0) is 43.4 Å². The summed E-state index contributed by atoms with van der Waals surface area (Å²) in [4.78, 5) is 0. The molecule has 0 aromatic heterocycles. The molecule has 0 aliphatic heterocycles. The first kappa shape index (κ1) is 11.7. The van der Waals surface area contributed by atoms with Crippen LogP contribution in [-0.2, 0) is 0 Å². The van der Waals surface area contributed by atoms with Gasteiger partial charge in [0, 0.05) is 23.3 Å². The summed E-state index contributed by atoms with van der Waals surface area (Å²) in [5, 5.41) is 4.30. The van der Waals surface area contributed by atoms with Crippen LogP contribution in [0.2, 0.25) is 5.02 Å². The smallest absolute Gasteiger partial charge is 0.0455 e. The van der Waals surface area contributed by atoms with Crippen molar-refractivity contribution >= 4 is 17.3 Å². The second kappa shape index (κ2) is 5.07. The second-order valence-corrected chi connectivity index (χ2v) is 5.05. The van der Waals surface area contributed by atoms with Gasteiger partial charge in [0.25, 0.3) is 0 Å². The molecule has 88 valence electrons. The highest BCUT2D eigenvalue weighted by molar-refractivity contribution is 6.31. The van der Waals surface area contributed by atoms with Crippen LogP contribution in [-0.4, -0.2) is 12.6 Å². The number of nitrogens with two attached hydrogens (primary N) is 1. The van der Waals surface area contributed by atoms with Crippen molar-refractivity contribution in [3.63, 3.8) is 0 Å². The standard InChI is InChI=1S/C13H19ClN2/c1-9-5-6-11(7-12(9)14)16-13(8-15)10-3-2-4-10/h5-7,10,13,16H,2-4,8,15H2,1H3. The highest BCUT2D eigenvalue weighted by atomic mass is 35.5. The number of hydrogen-bond donors (Lipinski definition) is 2. The summed E-state index contributed by atoms with van der Waals surface area (Å²) in [5.74, 6) is 0.741. The van der Waals surface area contributed by atoms with Gasteiger partial charge in [-0.25, -0.2) is 0 Å². The number of rotatable bonds is 4. The molecule has 0 heterocycles. The van der Waals surface area contributed by atoms with Gasteiger partial charge in [0.1, 0.15) is 0 Å². The van der Waals surface area contributed by atoms with E-state index in [1.807, 2.05) is 19.1 Å². The van der Waals surface area contributed by atoms with E-state index in [2.05, 4.69) is 11.4 Å². The zero-order chi connectivity index (χ0) is 11.5. The first-order valence-corrected chi connectivity index (χ1v) is 6.31. The first-order chi connectivity index (χ1) is 7.70. The predicted octanol–water partition coefficient (Wildman–Crippen LogP) is 3.19. The fraction of sp³-hybridized carbons (Fsp3) is 0.538. The minimum atomic E-state index is 0.396. The third-order valence-corrected chi connectivity index (χ3v) is 3.90. The van der Waals surface area contributed by atoms with E-state index in [-0.39, 0.29) is 0 Å². The SMILES string of the molecule is Cc1ccc(NC(CN)C2CCC2)cc1Cl. The number of hydrogen-bond acceptors (Lipinski definition) is 2. The number of aryl methyl sites for hydroxylation is 1. The minimum Gasteiger partial charge on any atom is -0.381 e. The number of anilines is 1. The van der Waals surface area contributed by atoms with Crippen molar-refractivity contribution in [3.8, 4) is 0 Å². The molecule has 1 atom stereocenters. The third kappa shape index (κ3) is 2.50. The fourth-order valence-electron chi connectivity index (χ4n) is 2.11. The maximum absolute atomic E-state index is 6.10. The molecule has 1 aromatic carbocycles. The molecule has 1 unspecified atom stereocenters. The van der Waals surface area contributed by atoms with Crippen molar-refractivity contribution in [1.82, 2.24) is 0 Å². The Morgan fingerprint density at radius 2 is 2.25 bits per heavy atom. The van der Waals surface area contributed by atoms with E-state index in [4.69, 9.17) is 17.3 Å². The highest BCUT2D eigenvalue weighted by Gasteiger charge is 2.26. The van der Waals surface area contributed by atoms with E-state index in [1.165, 1.54) is 19.3 Å². The van der Waals surface area contributed by atoms with Crippen molar-refractivity contribution in [2.45, 2.75) is 32.2 Å². The molecule has 2 rings (SSSR count). The van der Waals surface area contributed by atoms with Crippen LogP contribution in [0.15, 0.2) is 18.2 Å². The topological polar surface area (TPSA) is 38.0 Å². The fourth-order valence-corrected chi connectivity index (χ4v) is 2.29. The molecule has 0 spiro atoms. The predicted molar refractivity (Wildman–Crippen MR) is 70.0 cm³/mol. The van der Waals surface area contributed by atoms with Crippen LogP contribution in [0.25, 0.3) is 0 Å². The van der Waals surface area contributed by atoms with Gasteiger partial charge in [-0.2, -0.15) is 0 Å². The van der Waals surface area contributed by atoms with Crippen LogP contribution in [0.5, 0.6) is 0 Å². The molecule has 0 saturated heterocycles. The summed E-state index contributed by atoms with van der Waals surface area (Å²) in [7, 11) is 0. The van der Waals surface area contributed by atoms with Crippen LogP contribution >= 0.6 is 11.6 Å². The normalized spacial score (nSPS) is 17.9. The molecule has 0 amide bonds. The van der Waals surface area contributed by atoms with Crippen molar-refractivity contribution in [1.29, 1.82) is 0 Å². The Kier molecular flexibility index (Phi) is 3.72. The Morgan fingerprint density at radius 3 is 2.75 bits per heavy atom. The number of nitrogens with one attached hydrogen (secondary N) is 1. The lowest BCUT2D eigenvalue weighted by Crippen LogP contribution is -2.39. The number of halogens is 1. The third-order valence-electron chi connectivity index (χ3n) is 3.50. The lowest BCUT2D eigenvalue weighted by atomic mass is 9.79. The Labute approximate surface area is 102 Å². The van der Waals surface area contributed by atoms with E-state index >= 15 is 0 Å². The van der Waals surface area contributed by atoms with Gasteiger partial charge in [-0.1, -0.05) is 24.1 Å². The molecular weight excluding hydrogens is 220 g/mol. The van der Waals surface area contributed by atoms with Gasteiger partial charge in [-0.15, -0.1) is 0 Å². The summed E-state index contributed by atoms with van der Waals surface area (Å²) in [6, 6.07) is 6.49. The molecule has 1 fully saturated rings. The van der Waals surface area contributed by atoms with Crippen molar-refractivity contribution in [3.05, 3.63) is 28.8 Å². The summed E-state index contributed by atoms with van der Waals surface area (Å²) in [6.45, 7) is 2.70. The van der Waals surface area contributed by atoms with E-state index in [1.54, 1.807) is 0 Å². The summed E-state index contributed by atoms with van der Waals surface area (Å²) in [5.41, 5.74) is 8.00. The molecule has 1 aromatic rings. The molecule has 3 heteroatoms. The zero-order valence-corrected chi connectivity index (χ0v) is 10.4. The Hall–Kier alpha value is -0.730. The molecule has 3 N–H and O–H groups in total. The van der Waals surface area contributed by atoms with E-state index in [9.17, 15) is 0 Å². The second-order valence-electron chi connectivity index (χ2n) is 4.64. The summed E-state index contributed by atoms with van der Waals surface area (Å²) < 4.78 is 0. The molecular formula is C13H19ClN2. The maximum atomic E-state index is 6.10. The van der Waals surface area contributed by atoms with E-state index < -0.39 is 0 Å². The molecule has 2 nitrogen and oxygen atoms in total. The average molecular weight is 239 g/mol. The van der Waals surface area contributed by atoms with Gasteiger partial charge in [0.15, 0.2) is 0 Å². The van der Waals surface area contributed by atoms with Crippen LogP contribution < -0.4 is 11.1 Å². The van der Waals surface area contributed by atoms with Gasteiger partial charge in [0.05, 0.1) is 0 Å². The molecule has 1 saturated carbocycles. The molecule has 1 aliphatic rings. The van der Waals surface area contributed by atoms with Crippen LogP contribution in [0, 0.1) is 12.8 Å². The lowest BCUT2D eigenvalue weighted by Gasteiger charge is -2.34. The zero-order valence-electron chi connectivity index (χ0n) is 9.67. The van der Waals surface area contributed by atoms with E-state index in [0.717, 1.165) is 22.2 Å². The molecule has 0 bridgehead atoms. The van der Waals surface area contributed by atoms with Gasteiger partial charge < -0.3 is 11.1 Å². The molecule has 1 aliphatic carbocycles. The average Bonchev–Trinajstić information content (AvgIpc) is 2.20. The largest absolute Gasteiger partial charge is 0.381 e. The number of benzene rings is 1. The monoisotopic (exact) mass is 238 g/mol. The Balaban J connectivity index is 2.03. The van der Waals surface area contributed by atoms with Crippen molar-refractivity contribution in [2.24, 2.45) is 11.7 Å².